The molecule has 0 radical (unpaired) electrons. The number of fused-ring (bicyclic) bond motifs is 13. The lowest BCUT2D eigenvalue weighted by Crippen LogP contribution is -2.31. The minimum absolute atomic E-state index is 0.236. The highest BCUT2D eigenvalue weighted by Crippen LogP contribution is 2.56. The van der Waals surface area contributed by atoms with Crippen LogP contribution in [0.15, 0.2) is 199 Å². The summed E-state index contributed by atoms with van der Waals surface area (Å²) in [7, 11) is 0. The maximum absolute atomic E-state index is 6.26. The fourth-order valence-corrected chi connectivity index (χ4v) is 11.2. The smallest absolute Gasteiger partial charge is 0.135 e. The predicted molar refractivity (Wildman–Crippen MR) is 265 cm³/mol. The number of para-hydroxylation sites is 3. The van der Waals surface area contributed by atoms with Gasteiger partial charge >= 0.3 is 0 Å². The Morgan fingerprint density at radius 2 is 0.698 bits per heavy atom. The Kier molecular flexibility index (Phi) is 7.42. The van der Waals surface area contributed by atoms with Crippen molar-refractivity contribution in [1.82, 2.24) is 0 Å². The fourth-order valence-electron chi connectivity index (χ4n) is 11.2. The van der Waals surface area contributed by atoms with E-state index >= 15 is 0 Å². The van der Waals surface area contributed by atoms with Gasteiger partial charge in [-0.15, -0.1) is 0 Å². The quantitative estimate of drug-likeness (QED) is 0.166. The van der Waals surface area contributed by atoms with Gasteiger partial charge in [0.2, 0.25) is 0 Å². The van der Waals surface area contributed by atoms with E-state index in [2.05, 4.69) is 226 Å². The summed E-state index contributed by atoms with van der Waals surface area (Å²) >= 11 is 0. The average Bonchev–Trinajstić information content (AvgIpc) is 3.70. The molecular weight excluding hydrogens is 765 g/mol. The summed E-state index contributed by atoms with van der Waals surface area (Å²) in [5.41, 5.74) is 16.1. The highest BCUT2D eigenvalue weighted by atomic mass is 16.3. The molecule has 0 unspecified atom stereocenters. The Labute approximate surface area is 367 Å². The number of hydrogen-bond donors (Lipinski definition) is 0. The van der Waals surface area contributed by atoms with Gasteiger partial charge in [0, 0.05) is 33.0 Å². The van der Waals surface area contributed by atoms with Gasteiger partial charge in [-0.05, 0) is 138 Å². The van der Waals surface area contributed by atoms with Crippen molar-refractivity contribution in [1.29, 1.82) is 0 Å². The van der Waals surface area contributed by atoms with E-state index in [1.807, 2.05) is 6.07 Å². The SMILES string of the molecule is CC1(C)c2ccccc2N(c2ccc3oc4ccccc4c3c2)c2ccc(-c3ccc4c(c3)C(C)(C)c3ccccc3N4c3ccc4c5ccccc5c5ccccc5c4c3)cc21. The molecule has 3 heteroatoms. The molecule has 13 rings (SSSR count). The summed E-state index contributed by atoms with van der Waals surface area (Å²) < 4.78 is 6.26. The third-order valence-electron chi connectivity index (χ3n) is 14.4. The van der Waals surface area contributed by atoms with Crippen LogP contribution in [0.1, 0.15) is 49.9 Å². The molecule has 11 aromatic rings. The number of hydrogen-bond acceptors (Lipinski definition) is 3. The number of benzene rings is 10. The van der Waals surface area contributed by atoms with E-state index in [0.717, 1.165) is 33.3 Å². The summed E-state index contributed by atoms with van der Waals surface area (Å²) in [5.74, 6) is 0. The molecule has 3 nitrogen and oxygen atoms in total. The molecule has 0 saturated heterocycles. The number of furan rings is 1. The number of nitrogens with zero attached hydrogens (tertiary/aromatic N) is 2. The molecule has 63 heavy (non-hydrogen) atoms. The zero-order valence-corrected chi connectivity index (χ0v) is 35.8. The first-order chi connectivity index (χ1) is 30.8. The lowest BCUT2D eigenvalue weighted by Gasteiger charge is -2.43. The van der Waals surface area contributed by atoms with Crippen molar-refractivity contribution in [2.75, 3.05) is 9.80 Å². The van der Waals surface area contributed by atoms with Gasteiger partial charge in [0.25, 0.3) is 0 Å². The normalized spacial score (nSPS) is 14.9. The van der Waals surface area contributed by atoms with Gasteiger partial charge < -0.3 is 14.2 Å². The minimum Gasteiger partial charge on any atom is -0.456 e. The van der Waals surface area contributed by atoms with Crippen LogP contribution >= 0.6 is 0 Å². The van der Waals surface area contributed by atoms with E-state index in [-0.39, 0.29) is 10.8 Å². The Morgan fingerprint density at radius 1 is 0.302 bits per heavy atom. The Hall–Kier alpha value is -7.62. The molecule has 2 aliphatic heterocycles. The maximum Gasteiger partial charge on any atom is 0.135 e. The minimum atomic E-state index is -0.239. The number of anilines is 6. The van der Waals surface area contributed by atoms with Crippen LogP contribution in [-0.2, 0) is 10.8 Å². The largest absolute Gasteiger partial charge is 0.456 e. The molecule has 0 spiro atoms. The molecule has 300 valence electrons. The van der Waals surface area contributed by atoms with E-state index in [0.29, 0.717) is 0 Å². The van der Waals surface area contributed by atoms with Crippen LogP contribution in [0.25, 0.3) is 65.4 Å². The summed E-state index contributed by atoms with van der Waals surface area (Å²) in [6.07, 6.45) is 0. The first-order valence-electron chi connectivity index (χ1n) is 22.1. The van der Waals surface area contributed by atoms with Gasteiger partial charge in [0.15, 0.2) is 0 Å². The Balaban J connectivity index is 0.971. The zero-order valence-electron chi connectivity index (χ0n) is 35.8. The van der Waals surface area contributed by atoms with E-state index in [1.165, 1.54) is 88.4 Å². The van der Waals surface area contributed by atoms with Crippen LogP contribution in [0.2, 0.25) is 0 Å². The molecule has 1 aromatic heterocycles. The third-order valence-corrected chi connectivity index (χ3v) is 14.4. The monoisotopic (exact) mass is 808 g/mol. The van der Waals surface area contributed by atoms with Crippen molar-refractivity contribution in [2.24, 2.45) is 0 Å². The summed E-state index contributed by atoms with van der Waals surface area (Å²) in [5, 5.41) is 9.96. The predicted octanol–water partition coefficient (Wildman–Crippen LogP) is 16.9. The van der Waals surface area contributed by atoms with Crippen molar-refractivity contribution >= 4 is 88.4 Å². The second-order valence-electron chi connectivity index (χ2n) is 18.5. The summed E-state index contributed by atoms with van der Waals surface area (Å²) in [4.78, 5) is 4.94. The average molecular weight is 809 g/mol. The molecular formula is C60H44N2O. The standard InChI is InChI=1S/C60H44N2O/c1-59(2)49-20-10-12-22-53(49)61(39-27-29-45-43-17-6-5-15-41(43)42-16-7-8-18-44(42)47(45)35-39)55-30-25-37(33-51(55)59)38-26-31-56-52(34-38)60(3,4)50-21-11-13-23-54(50)62(56)40-28-32-58-48(36-40)46-19-9-14-24-57(46)63-58/h5-36H,1-4H3. The highest BCUT2D eigenvalue weighted by Gasteiger charge is 2.39. The van der Waals surface area contributed by atoms with Crippen LogP contribution in [-0.4, -0.2) is 0 Å². The highest BCUT2D eigenvalue weighted by molar-refractivity contribution is 6.26. The first-order valence-corrected chi connectivity index (χ1v) is 22.1. The molecule has 2 aliphatic rings. The Morgan fingerprint density at radius 3 is 1.25 bits per heavy atom. The molecule has 3 heterocycles. The Bertz CT molecular complexity index is 3680. The van der Waals surface area contributed by atoms with Gasteiger partial charge in [-0.25, -0.2) is 0 Å². The van der Waals surface area contributed by atoms with Crippen LogP contribution in [0, 0.1) is 0 Å². The van der Waals surface area contributed by atoms with Crippen molar-refractivity contribution in [3.05, 3.63) is 216 Å². The maximum atomic E-state index is 6.26. The molecule has 0 saturated carbocycles. The van der Waals surface area contributed by atoms with Gasteiger partial charge in [-0.1, -0.05) is 149 Å². The topological polar surface area (TPSA) is 19.6 Å². The van der Waals surface area contributed by atoms with Crippen LogP contribution in [0.3, 0.4) is 0 Å². The first kappa shape index (κ1) is 36.1. The lowest BCUT2D eigenvalue weighted by molar-refractivity contribution is 0.631. The summed E-state index contributed by atoms with van der Waals surface area (Å²) in [6.45, 7) is 9.52. The van der Waals surface area contributed by atoms with E-state index in [1.54, 1.807) is 0 Å². The van der Waals surface area contributed by atoms with Crippen LogP contribution in [0.4, 0.5) is 34.1 Å². The van der Waals surface area contributed by atoms with Crippen molar-refractivity contribution in [3.8, 4) is 11.1 Å². The van der Waals surface area contributed by atoms with Crippen molar-refractivity contribution in [2.45, 2.75) is 38.5 Å². The molecule has 0 atom stereocenters. The fraction of sp³-hybridized carbons (Fsp3) is 0.100. The molecule has 0 fully saturated rings. The number of rotatable bonds is 3. The molecule has 0 N–H and O–H groups in total. The van der Waals surface area contributed by atoms with Crippen molar-refractivity contribution < 1.29 is 4.42 Å². The van der Waals surface area contributed by atoms with E-state index in [9.17, 15) is 0 Å². The van der Waals surface area contributed by atoms with E-state index in [4.69, 9.17) is 4.42 Å². The molecule has 10 aromatic carbocycles. The second kappa shape index (κ2) is 13.0. The lowest BCUT2D eigenvalue weighted by atomic mass is 9.71. The third kappa shape index (κ3) is 5.08. The molecule has 0 amide bonds. The summed E-state index contributed by atoms with van der Waals surface area (Å²) in [6, 6.07) is 71.9. The van der Waals surface area contributed by atoms with Crippen molar-refractivity contribution in [3.63, 3.8) is 0 Å². The van der Waals surface area contributed by atoms with Crippen LogP contribution < -0.4 is 9.80 Å². The van der Waals surface area contributed by atoms with Gasteiger partial charge in [-0.2, -0.15) is 0 Å². The molecule has 0 aliphatic carbocycles. The van der Waals surface area contributed by atoms with Gasteiger partial charge in [0.05, 0.1) is 22.7 Å². The molecule has 0 bridgehead atoms. The van der Waals surface area contributed by atoms with Gasteiger partial charge in [-0.3, -0.25) is 0 Å². The second-order valence-corrected chi connectivity index (χ2v) is 18.5. The zero-order chi connectivity index (χ0) is 42.2. The van der Waals surface area contributed by atoms with Crippen LogP contribution in [0.5, 0.6) is 0 Å². The van der Waals surface area contributed by atoms with Gasteiger partial charge in [0.1, 0.15) is 11.2 Å². The van der Waals surface area contributed by atoms with E-state index < -0.39 is 0 Å².